The van der Waals surface area contributed by atoms with Gasteiger partial charge in [-0.15, -0.1) is 0 Å². The molecule has 1 aromatic carbocycles. The van der Waals surface area contributed by atoms with Crippen LogP contribution in [0.3, 0.4) is 0 Å². The number of amides is 1. The molecule has 0 radical (unpaired) electrons. The van der Waals surface area contributed by atoms with Gasteiger partial charge in [-0.3, -0.25) is 4.79 Å². The maximum atomic E-state index is 12.0. The largest absolute Gasteiger partial charge is 0.479 e. The Morgan fingerprint density at radius 3 is 3.00 bits per heavy atom. The Balaban J connectivity index is 1.94. The van der Waals surface area contributed by atoms with Gasteiger partial charge in [0.2, 0.25) is 4.38 Å². The van der Waals surface area contributed by atoms with Crippen LogP contribution in [0.4, 0.5) is 0 Å². The van der Waals surface area contributed by atoms with Crippen molar-refractivity contribution in [1.29, 1.82) is 0 Å². The Morgan fingerprint density at radius 1 is 1.53 bits per heavy atom. The molecule has 2 rings (SSSR count). The molecule has 0 saturated carbocycles. The van der Waals surface area contributed by atoms with Gasteiger partial charge >= 0.3 is 0 Å². The lowest BCUT2D eigenvalue weighted by atomic mass is 10.1. The summed E-state index contributed by atoms with van der Waals surface area (Å²) in [7, 11) is 0. The van der Waals surface area contributed by atoms with E-state index in [0.717, 1.165) is 11.1 Å². The quantitative estimate of drug-likeness (QED) is 0.788. The third-order valence-corrected chi connectivity index (χ3v) is 3.76. The van der Waals surface area contributed by atoms with Crippen LogP contribution >= 0.6 is 24.0 Å². The predicted molar refractivity (Wildman–Crippen MR) is 73.0 cm³/mol. The number of hydrogen-bond acceptors (Lipinski definition) is 4. The first kappa shape index (κ1) is 12.4. The minimum absolute atomic E-state index is 0.0763. The Bertz CT molecular complexity index is 448. The van der Waals surface area contributed by atoms with Crippen molar-refractivity contribution >= 4 is 34.3 Å². The molecule has 17 heavy (non-hydrogen) atoms. The molecule has 5 heteroatoms. The smallest absolute Gasteiger partial charge is 0.255 e. The van der Waals surface area contributed by atoms with E-state index in [-0.39, 0.29) is 5.91 Å². The third kappa shape index (κ3) is 2.79. The van der Waals surface area contributed by atoms with Crippen LogP contribution in [0.15, 0.2) is 24.3 Å². The summed E-state index contributed by atoms with van der Waals surface area (Å²) >= 11 is 6.40. The van der Waals surface area contributed by atoms with Crippen molar-refractivity contribution in [3.05, 3.63) is 35.4 Å². The van der Waals surface area contributed by atoms with Crippen molar-refractivity contribution in [2.24, 2.45) is 0 Å². The summed E-state index contributed by atoms with van der Waals surface area (Å²) in [4.78, 5) is 13.8. The van der Waals surface area contributed by atoms with E-state index in [1.54, 1.807) is 4.90 Å². The van der Waals surface area contributed by atoms with Crippen LogP contribution in [0, 0.1) is 0 Å². The molecular weight excluding hydrogens is 254 g/mol. The highest BCUT2D eigenvalue weighted by molar-refractivity contribution is 8.22. The normalized spacial score (nSPS) is 13.7. The zero-order valence-electron chi connectivity index (χ0n) is 9.51. The second-order valence-electron chi connectivity index (χ2n) is 3.62. The van der Waals surface area contributed by atoms with Crippen LogP contribution in [0.25, 0.3) is 0 Å². The van der Waals surface area contributed by atoms with Crippen molar-refractivity contribution < 1.29 is 9.53 Å². The average Bonchev–Trinajstić information content (AvgIpc) is 2.65. The summed E-state index contributed by atoms with van der Waals surface area (Å²) in [5.41, 5.74) is 1.89. The number of rotatable bonds is 3. The van der Waals surface area contributed by atoms with Crippen LogP contribution in [0.1, 0.15) is 22.8 Å². The number of fused-ring (bicyclic) bond motifs is 1. The number of ether oxygens (including phenoxy) is 1. The van der Waals surface area contributed by atoms with E-state index < -0.39 is 0 Å². The number of hydrogen-bond donors (Lipinski definition) is 0. The standard InChI is InChI=1S/C12H13NO2S2/c1-2-15-12(16)17-8-13-7-9-5-3-4-6-10(9)11(13)14/h3-6H,2,7-8H2,1H3. The van der Waals surface area contributed by atoms with Gasteiger partial charge in [0.15, 0.2) is 0 Å². The van der Waals surface area contributed by atoms with Crippen molar-refractivity contribution in [1.82, 2.24) is 4.90 Å². The fourth-order valence-electron chi connectivity index (χ4n) is 1.71. The highest BCUT2D eigenvalue weighted by atomic mass is 32.2. The minimum atomic E-state index is 0.0763. The van der Waals surface area contributed by atoms with Crippen molar-refractivity contribution in [3.63, 3.8) is 0 Å². The van der Waals surface area contributed by atoms with Gasteiger partial charge in [-0.2, -0.15) is 0 Å². The molecule has 0 aromatic heterocycles. The van der Waals surface area contributed by atoms with Crippen LogP contribution in [0.2, 0.25) is 0 Å². The zero-order chi connectivity index (χ0) is 12.3. The molecule has 0 aliphatic carbocycles. The fraction of sp³-hybridized carbons (Fsp3) is 0.333. The van der Waals surface area contributed by atoms with Gasteiger partial charge in [0.05, 0.1) is 12.5 Å². The van der Waals surface area contributed by atoms with Crippen molar-refractivity contribution in [2.45, 2.75) is 13.5 Å². The number of benzene rings is 1. The molecule has 0 N–H and O–H groups in total. The highest BCUT2D eigenvalue weighted by Gasteiger charge is 2.26. The summed E-state index contributed by atoms with van der Waals surface area (Å²) < 4.78 is 5.67. The van der Waals surface area contributed by atoms with Gasteiger partial charge in [-0.1, -0.05) is 30.0 Å². The number of carbonyl (C=O) groups excluding carboxylic acids is 1. The summed E-state index contributed by atoms with van der Waals surface area (Å²) in [5.74, 6) is 0.624. The molecular formula is C12H13NO2S2. The maximum absolute atomic E-state index is 12.0. The number of nitrogens with zero attached hydrogens (tertiary/aromatic N) is 1. The molecule has 1 heterocycles. The molecule has 0 saturated heterocycles. The van der Waals surface area contributed by atoms with E-state index >= 15 is 0 Å². The number of thiocarbonyl (C=S) groups is 1. The van der Waals surface area contributed by atoms with Gasteiger partial charge < -0.3 is 9.64 Å². The highest BCUT2D eigenvalue weighted by Crippen LogP contribution is 2.24. The molecule has 0 unspecified atom stereocenters. The second kappa shape index (κ2) is 5.51. The molecule has 0 bridgehead atoms. The van der Waals surface area contributed by atoms with Gasteiger partial charge in [-0.25, -0.2) is 0 Å². The molecule has 0 fully saturated rings. The molecule has 90 valence electrons. The molecule has 1 amide bonds. The predicted octanol–water partition coefficient (Wildman–Crippen LogP) is 2.65. The lowest BCUT2D eigenvalue weighted by Crippen LogP contribution is -2.24. The topological polar surface area (TPSA) is 29.5 Å². The Hall–Kier alpha value is -1.07. The van der Waals surface area contributed by atoms with Gasteiger partial charge in [-0.05, 0) is 30.8 Å². The first-order valence-electron chi connectivity index (χ1n) is 5.39. The van der Waals surface area contributed by atoms with Crippen molar-refractivity contribution in [2.75, 3.05) is 12.5 Å². The van der Waals surface area contributed by atoms with Gasteiger partial charge in [0.1, 0.15) is 0 Å². The summed E-state index contributed by atoms with van der Waals surface area (Å²) in [6.07, 6.45) is 0. The molecule has 3 nitrogen and oxygen atoms in total. The van der Waals surface area contributed by atoms with Crippen molar-refractivity contribution in [3.8, 4) is 0 Å². The number of carbonyl (C=O) groups is 1. The lowest BCUT2D eigenvalue weighted by Gasteiger charge is -2.14. The van der Waals surface area contributed by atoms with E-state index in [1.165, 1.54) is 11.8 Å². The first-order chi connectivity index (χ1) is 8.22. The molecule has 1 aliphatic rings. The van der Waals surface area contributed by atoms with Gasteiger partial charge in [0, 0.05) is 12.1 Å². The summed E-state index contributed by atoms with van der Waals surface area (Å²) in [6.45, 7) is 3.13. The minimum Gasteiger partial charge on any atom is -0.479 e. The lowest BCUT2D eigenvalue weighted by molar-refractivity contribution is 0.0808. The van der Waals surface area contributed by atoms with Crippen LogP contribution < -0.4 is 0 Å². The van der Waals surface area contributed by atoms with Crippen LogP contribution in [0.5, 0.6) is 0 Å². The second-order valence-corrected chi connectivity index (χ2v) is 5.16. The zero-order valence-corrected chi connectivity index (χ0v) is 11.1. The van der Waals surface area contributed by atoms with Crippen LogP contribution in [-0.4, -0.2) is 27.7 Å². The maximum Gasteiger partial charge on any atom is 0.255 e. The van der Waals surface area contributed by atoms with Gasteiger partial charge in [0.25, 0.3) is 5.91 Å². The Kier molecular flexibility index (Phi) is 4.02. The summed E-state index contributed by atoms with van der Waals surface area (Å²) in [6, 6.07) is 7.69. The summed E-state index contributed by atoms with van der Waals surface area (Å²) in [5, 5.41) is 0. The Morgan fingerprint density at radius 2 is 2.29 bits per heavy atom. The van der Waals surface area contributed by atoms with E-state index in [4.69, 9.17) is 17.0 Å². The molecule has 1 aliphatic heterocycles. The average molecular weight is 267 g/mol. The molecule has 0 atom stereocenters. The van der Waals surface area contributed by atoms with E-state index in [9.17, 15) is 4.79 Å². The first-order valence-corrected chi connectivity index (χ1v) is 6.78. The van der Waals surface area contributed by atoms with E-state index in [2.05, 4.69) is 0 Å². The molecule has 0 spiro atoms. The SMILES string of the molecule is CCOC(=S)SCN1Cc2ccccc2C1=O. The van der Waals surface area contributed by atoms with E-state index in [0.29, 0.717) is 23.4 Å². The van der Waals surface area contributed by atoms with Crippen LogP contribution in [-0.2, 0) is 11.3 Å². The monoisotopic (exact) mass is 267 g/mol. The third-order valence-electron chi connectivity index (χ3n) is 2.50. The molecule has 1 aromatic rings. The van der Waals surface area contributed by atoms with E-state index in [1.807, 2.05) is 31.2 Å². The fourth-order valence-corrected chi connectivity index (χ4v) is 2.66. The Labute approximate surface area is 110 Å². The number of thioether (sulfide) groups is 1.